The highest BCUT2D eigenvalue weighted by Gasteiger charge is 2.02. The van der Waals surface area contributed by atoms with Crippen LogP contribution in [0.25, 0.3) is 0 Å². The lowest BCUT2D eigenvalue weighted by Gasteiger charge is -2.09. The van der Waals surface area contributed by atoms with Crippen molar-refractivity contribution in [1.82, 2.24) is 0 Å². The van der Waals surface area contributed by atoms with Gasteiger partial charge in [-0.3, -0.25) is 0 Å². The fourth-order valence-electron chi connectivity index (χ4n) is 1.51. The van der Waals surface area contributed by atoms with Gasteiger partial charge in [0.1, 0.15) is 11.5 Å². The Kier molecular flexibility index (Phi) is 5.48. The van der Waals surface area contributed by atoms with Crippen molar-refractivity contribution in [2.75, 3.05) is 6.61 Å². The third kappa shape index (κ3) is 3.97. The quantitative estimate of drug-likeness (QED) is 0.559. The summed E-state index contributed by atoms with van der Waals surface area (Å²) in [5.74, 6) is 1.08. The average molecular weight is 220 g/mol. The predicted octanol–water partition coefficient (Wildman–Crippen LogP) is 3.83. The van der Waals surface area contributed by atoms with Crippen LogP contribution in [0, 0.1) is 6.92 Å². The van der Waals surface area contributed by atoms with E-state index in [0.717, 1.165) is 30.6 Å². The predicted molar refractivity (Wildman–Crippen MR) is 67.0 cm³/mol. The number of unbranched alkanes of at least 4 members (excludes halogenated alkanes) is 3. The first-order valence-electron chi connectivity index (χ1n) is 5.78. The number of rotatable bonds is 7. The first-order valence-corrected chi connectivity index (χ1v) is 5.78. The van der Waals surface area contributed by atoms with Gasteiger partial charge in [-0.15, -0.1) is 6.58 Å². The maximum Gasteiger partial charge on any atom is 0.125 e. The lowest BCUT2D eigenvalue weighted by atomic mass is 10.2. The third-order valence-corrected chi connectivity index (χ3v) is 2.57. The molecule has 0 bridgehead atoms. The average Bonchev–Trinajstić information content (AvgIpc) is 2.29. The van der Waals surface area contributed by atoms with Gasteiger partial charge in [-0.25, -0.2) is 0 Å². The second kappa shape index (κ2) is 6.94. The van der Waals surface area contributed by atoms with Crippen LogP contribution in [0.15, 0.2) is 30.9 Å². The van der Waals surface area contributed by atoms with Gasteiger partial charge in [-0.05, 0) is 44.7 Å². The van der Waals surface area contributed by atoms with E-state index in [1.54, 1.807) is 12.1 Å². The SMILES string of the molecule is C=CCCCCCOc1cccc(O)c1C. The number of hydrogen-bond acceptors (Lipinski definition) is 2. The molecule has 2 nitrogen and oxygen atoms in total. The molecule has 0 saturated heterocycles. The maximum atomic E-state index is 9.48. The van der Waals surface area contributed by atoms with Crippen molar-refractivity contribution in [3.05, 3.63) is 36.4 Å². The minimum absolute atomic E-state index is 0.296. The summed E-state index contributed by atoms with van der Waals surface area (Å²) in [5.41, 5.74) is 0.814. The van der Waals surface area contributed by atoms with Gasteiger partial charge in [0.15, 0.2) is 0 Å². The van der Waals surface area contributed by atoms with E-state index in [1.807, 2.05) is 19.1 Å². The highest BCUT2D eigenvalue weighted by molar-refractivity contribution is 5.42. The molecule has 0 spiro atoms. The summed E-state index contributed by atoms with van der Waals surface area (Å²) in [7, 11) is 0. The topological polar surface area (TPSA) is 29.5 Å². The Labute approximate surface area is 97.6 Å². The van der Waals surface area contributed by atoms with Crippen LogP contribution in [0.5, 0.6) is 11.5 Å². The van der Waals surface area contributed by atoms with Crippen molar-refractivity contribution in [1.29, 1.82) is 0 Å². The molecule has 1 aromatic rings. The highest BCUT2D eigenvalue weighted by Crippen LogP contribution is 2.26. The summed E-state index contributed by atoms with van der Waals surface area (Å²) in [4.78, 5) is 0. The maximum absolute atomic E-state index is 9.48. The minimum atomic E-state index is 0.296. The third-order valence-electron chi connectivity index (χ3n) is 2.57. The Morgan fingerprint density at radius 1 is 1.31 bits per heavy atom. The molecule has 1 aromatic carbocycles. The van der Waals surface area contributed by atoms with Crippen LogP contribution < -0.4 is 4.74 Å². The first kappa shape index (κ1) is 12.6. The van der Waals surface area contributed by atoms with Crippen LogP contribution in [-0.2, 0) is 0 Å². The normalized spacial score (nSPS) is 10.1. The molecule has 0 unspecified atom stereocenters. The van der Waals surface area contributed by atoms with E-state index in [9.17, 15) is 5.11 Å². The van der Waals surface area contributed by atoms with E-state index in [0.29, 0.717) is 12.4 Å². The molecule has 0 heterocycles. The van der Waals surface area contributed by atoms with Gasteiger partial charge in [0.25, 0.3) is 0 Å². The molecule has 0 aliphatic heterocycles. The van der Waals surface area contributed by atoms with Crippen molar-refractivity contribution >= 4 is 0 Å². The zero-order valence-electron chi connectivity index (χ0n) is 9.91. The smallest absolute Gasteiger partial charge is 0.125 e. The van der Waals surface area contributed by atoms with E-state index in [-0.39, 0.29) is 0 Å². The summed E-state index contributed by atoms with van der Waals surface area (Å²) in [6, 6.07) is 5.36. The molecule has 0 aliphatic carbocycles. The van der Waals surface area contributed by atoms with Gasteiger partial charge in [-0.2, -0.15) is 0 Å². The number of aromatic hydroxyl groups is 1. The van der Waals surface area contributed by atoms with Crippen molar-refractivity contribution in [2.45, 2.75) is 32.6 Å². The van der Waals surface area contributed by atoms with E-state index >= 15 is 0 Å². The molecule has 2 heteroatoms. The summed E-state index contributed by atoms with van der Waals surface area (Å²) < 4.78 is 5.61. The Morgan fingerprint density at radius 3 is 2.88 bits per heavy atom. The van der Waals surface area contributed by atoms with Gasteiger partial charge in [0.05, 0.1) is 6.61 Å². The van der Waals surface area contributed by atoms with Crippen molar-refractivity contribution in [3.8, 4) is 11.5 Å². The molecule has 0 aliphatic rings. The van der Waals surface area contributed by atoms with Crippen LogP contribution in [-0.4, -0.2) is 11.7 Å². The molecule has 0 radical (unpaired) electrons. The number of benzene rings is 1. The van der Waals surface area contributed by atoms with Gasteiger partial charge in [0, 0.05) is 5.56 Å². The largest absolute Gasteiger partial charge is 0.508 e. The molecular weight excluding hydrogens is 200 g/mol. The van der Waals surface area contributed by atoms with Gasteiger partial charge < -0.3 is 9.84 Å². The lowest BCUT2D eigenvalue weighted by Crippen LogP contribution is -1.98. The molecule has 0 atom stereocenters. The second-order valence-electron chi connectivity index (χ2n) is 3.89. The number of phenols is 1. The Morgan fingerprint density at radius 2 is 2.12 bits per heavy atom. The molecular formula is C14H20O2. The number of hydrogen-bond donors (Lipinski definition) is 1. The molecule has 0 saturated carbocycles. The monoisotopic (exact) mass is 220 g/mol. The Hall–Kier alpha value is -1.44. The number of ether oxygens (including phenoxy) is 1. The minimum Gasteiger partial charge on any atom is -0.508 e. The van der Waals surface area contributed by atoms with Crippen LogP contribution >= 0.6 is 0 Å². The molecule has 0 aromatic heterocycles. The van der Waals surface area contributed by atoms with E-state index in [4.69, 9.17) is 4.74 Å². The van der Waals surface area contributed by atoms with Crippen LogP contribution in [0.1, 0.15) is 31.2 Å². The van der Waals surface area contributed by atoms with E-state index in [1.165, 1.54) is 6.42 Å². The van der Waals surface area contributed by atoms with Crippen molar-refractivity contribution in [2.24, 2.45) is 0 Å². The fraction of sp³-hybridized carbons (Fsp3) is 0.429. The van der Waals surface area contributed by atoms with Gasteiger partial charge in [-0.1, -0.05) is 12.1 Å². The summed E-state index contributed by atoms with van der Waals surface area (Å²) >= 11 is 0. The summed E-state index contributed by atoms with van der Waals surface area (Å²) in [6.07, 6.45) is 6.39. The van der Waals surface area contributed by atoms with Crippen molar-refractivity contribution in [3.63, 3.8) is 0 Å². The zero-order valence-corrected chi connectivity index (χ0v) is 9.91. The highest BCUT2D eigenvalue weighted by atomic mass is 16.5. The second-order valence-corrected chi connectivity index (χ2v) is 3.89. The van der Waals surface area contributed by atoms with Crippen LogP contribution in [0.2, 0.25) is 0 Å². The van der Waals surface area contributed by atoms with E-state index in [2.05, 4.69) is 6.58 Å². The van der Waals surface area contributed by atoms with Crippen LogP contribution in [0.3, 0.4) is 0 Å². The van der Waals surface area contributed by atoms with Gasteiger partial charge in [0.2, 0.25) is 0 Å². The standard InChI is InChI=1S/C14H20O2/c1-3-4-5-6-7-11-16-14-10-8-9-13(15)12(14)2/h3,8-10,15H,1,4-7,11H2,2H3. The molecule has 1 N–H and O–H groups in total. The Bertz CT molecular complexity index is 332. The summed E-state index contributed by atoms with van der Waals surface area (Å²) in [6.45, 7) is 6.26. The number of allylic oxidation sites excluding steroid dienone is 1. The fourth-order valence-corrected chi connectivity index (χ4v) is 1.51. The zero-order chi connectivity index (χ0) is 11.8. The molecule has 0 fully saturated rings. The van der Waals surface area contributed by atoms with Crippen molar-refractivity contribution < 1.29 is 9.84 Å². The first-order chi connectivity index (χ1) is 7.75. The summed E-state index contributed by atoms with van der Waals surface area (Å²) in [5, 5.41) is 9.48. The van der Waals surface area contributed by atoms with E-state index < -0.39 is 0 Å². The Balaban J connectivity index is 2.26. The van der Waals surface area contributed by atoms with Crippen LogP contribution in [0.4, 0.5) is 0 Å². The molecule has 0 amide bonds. The molecule has 88 valence electrons. The number of phenolic OH excluding ortho intramolecular Hbond substituents is 1. The van der Waals surface area contributed by atoms with Gasteiger partial charge >= 0.3 is 0 Å². The molecule has 1 rings (SSSR count). The lowest BCUT2D eigenvalue weighted by molar-refractivity contribution is 0.301. The molecule has 16 heavy (non-hydrogen) atoms.